The molecule has 19 heavy (non-hydrogen) atoms. The molecule has 1 rings (SSSR count). The van der Waals surface area contributed by atoms with E-state index >= 15 is 0 Å². The zero-order valence-corrected chi connectivity index (χ0v) is 9.78. The lowest BCUT2D eigenvalue weighted by Crippen LogP contribution is -2.13. The van der Waals surface area contributed by atoms with Crippen LogP contribution in [0.15, 0.2) is 30.0 Å². The third kappa shape index (κ3) is 3.53. The van der Waals surface area contributed by atoms with Gasteiger partial charge in [0.15, 0.2) is 5.57 Å². The van der Waals surface area contributed by atoms with Gasteiger partial charge in [-0.3, -0.25) is 10.1 Å². The molecule has 0 amide bonds. The highest BCUT2D eigenvalue weighted by Gasteiger charge is 2.17. The minimum atomic E-state index is -1.64. The van der Waals surface area contributed by atoms with Crippen molar-refractivity contribution in [2.24, 2.45) is 0 Å². The van der Waals surface area contributed by atoms with Crippen molar-refractivity contribution in [3.8, 4) is 0 Å². The van der Waals surface area contributed by atoms with Crippen molar-refractivity contribution in [3.63, 3.8) is 0 Å². The molecule has 0 fully saturated rings. The number of rotatable bonds is 5. The first-order valence-corrected chi connectivity index (χ1v) is 5.01. The third-order valence-corrected chi connectivity index (χ3v) is 2.18. The standard InChI is InChI=1S/C11H10N2O6/c1-6-2-3-8(9(4-6)13(18)19)12-5-7(10(14)15)11(16)17/h2-5,12H,1H3,(H,14,15)(H,16,17). The average Bonchev–Trinajstić information content (AvgIpc) is 2.29. The topological polar surface area (TPSA) is 130 Å². The lowest BCUT2D eigenvalue weighted by Gasteiger charge is -2.04. The highest BCUT2D eigenvalue weighted by atomic mass is 16.6. The smallest absolute Gasteiger partial charge is 0.344 e. The molecule has 1 aromatic rings. The lowest BCUT2D eigenvalue weighted by atomic mass is 10.2. The van der Waals surface area contributed by atoms with E-state index in [1.807, 2.05) is 0 Å². The Morgan fingerprint density at radius 2 is 1.89 bits per heavy atom. The average molecular weight is 266 g/mol. The first-order valence-electron chi connectivity index (χ1n) is 5.01. The van der Waals surface area contributed by atoms with Crippen molar-refractivity contribution in [1.82, 2.24) is 0 Å². The van der Waals surface area contributed by atoms with Gasteiger partial charge in [0.05, 0.1) is 4.92 Å². The number of aliphatic carboxylic acids is 2. The molecule has 0 aliphatic carbocycles. The second-order valence-electron chi connectivity index (χ2n) is 3.59. The third-order valence-electron chi connectivity index (χ3n) is 2.18. The number of carboxylic acid groups (broad SMARTS) is 2. The Balaban J connectivity index is 3.13. The van der Waals surface area contributed by atoms with Gasteiger partial charge in [-0.05, 0) is 18.6 Å². The number of nitro benzene ring substituents is 1. The molecule has 0 saturated carbocycles. The number of nitrogens with zero attached hydrogens (tertiary/aromatic N) is 1. The van der Waals surface area contributed by atoms with Gasteiger partial charge in [0.1, 0.15) is 5.69 Å². The van der Waals surface area contributed by atoms with Crippen LogP contribution in [0.2, 0.25) is 0 Å². The molecule has 0 aliphatic rings. The van der Waals surface area contributed by atoms with Crippen LogP contribution in [0.25, 0.3) is 0 Å². The number of hydrogen-bond acceptors (Lipinski definition) is 5. The van der Waals surface area contributed by atoms with E-state index in [1.165, 1.54) is 12.1 Å². The minimum absolute atomic E-state index is 0.00981. The molecule has 0 unspecified atom stereocenters. The van der Waals surface area contributed by atoms with Crippen molar-refractivity contribution >= 4 is 23.3 Å². The van der Waals surface area contributed by atoms with E-state index < -0.39 is 22.4 Å². The summed E-state index contributed by atoms with van der Waals surface area (Å²) in [6.45, 7) is 1.66. The van der Waals surface area contributed by atoms with E-state index in [1.54, 1.807) is 13.0 Å². The quantitative estimate of drug-likeness (QED) is 0.241. The molecule has 0 saturated heterocycles. The molecule has 0 spiro atoms. The predicted molar refractivity (Wildman–Crippen MR) is 64.8 cm³/mol. The number of aryl methyl sites for hydroxylation is 1. The van der Waals surface area contributed by atoms with E-state index in [0.29, 0.717) is 11.8 Å². The molecule has 100 valence electrons. The van der Waals surface area contributed by atoms with Crippen molar-refractivity contribution < 1.29 is 24.7 Å². The van der Waals surface area contributed by atoms with Crippen LogP contribution >= 0.6 is 0 Å². The highest BCUT2D eigenvalue weighted by molar-refractivity contribution is 6.12. The summed E-state index contributed by atoms with van der Waals surface area (Å²) in [6, 6.07) is 4.23. The number of nitro groups is 1. The van der Waals surface area contributed by atoms with Crippen LogP contribution in [0.5, 0.6) is 0 Å². The summed E-state index contributed by atoms with van der Waals surface area (Å²) in [5.74, 6) is -3.29. The van der Waals surface area contributed by atoms with Crippen LogP contribution in [-0.4, -0.2) is 27.1 Å². The van der Waals surface area contributed by atoms with Gasteiger partial charge in [0.2, 0.25) is 0 Å². The molecule has 8 nitrogen and oxygen atoms in total. The van der Waals surface area contributed by atoms with Crippen molar-refractivity contribution in [2.75, 3.05) is 5.32 Å². The molecule has 1 aromatic carbocycles. The van der Waals surface area contributed by atoms with Crippen LogP contribution in [0, 0.1) is 17.0 Å². The van der Waals surface area contributed by atoms with Crippen molar-refractivity contribution in [3.05, 3.63) is 45.6 Å². The summed E-state index contributed by atoms with van der Waals surface area (Å²) >= 11 is 0. The zero-order chi connectivity index (χ0) is 14.6. The minimum Gasteiger partial charge on any atom is -0.477 e. The SMILES string of the molecule is Cc1ccc(NC=C(C(=O)O)C(=O)O)c([N+](=O)[O-])c1. The monoisotopic (exact) mass is 266 g/mol. The van der Waals surface area contributed by atoms with Crippen LogP contribution in [0.4, 0.5) is 11.4 Å². The molecule has 0 heterocycles. The van der Waals surface area contributed by atoms with Gasteiger partial charge >= 0.3 is 11.9 Å². The van der Waals surface area contributed by atoms with E-state index in [0.717, 1.165) is 0 Å². The number of carbonyl (C=O) groups is 2. The van der Waals surface area contributed by atoms with Gasteiger partial charge in [0.25, 0.3) is 5.69 Å². The maximum Gasteiger partial charge on any atom is 0.344 e. The number of anilines is 1. The summed E-state index contributed by atoms with van der Waals surface area (Å²) in [6.07, 6.45) is 0.697. The summed E-state index contributed by atoms with van der Waals surface area (Å²) in [4.78, 5) is 31.4. The fraction of sp³-hybridized carbons (Fsp3) is 0.0909. The van der Waals surface area contributed by atoms with Crippen molar-refractivity contribution in [2.45, 2.75) is 6.92 Å². The highest BCUT2D eigenvalue weighted by Crippen LogP contribution is 2.25. The molecule has 8 heteroatoms. The fourth-order valence-electron chi connectivity index (χ4n) is 1.28. The van der Waals surface area contributed by atoms with E-state index in [4.69, 9.17) is 10.2 Å². The Labute approximate surface area is 107 Å². The number of benzene rings is 1. The number of hydrogen-bond donors (Lipinski definition) is 3. The zero-order valence-electron chi connectivity index (χ0n) is 9.78. The summed E-state index contributed by atoms with van der Waals surface area (Å²) in [5, 5.41) is 30.4. The van der Waals surface area contributed by atoms with Gasteiger partial charge < -0.3 is 15.5 Å². The molecule has 3 N–H and O–H groups in total. The fourth-order valence-corrected chi connectivity index (χ4v) is 1.28. The van der Waals surface area contributed by atoms with Gasteiger partial charge in [-0.2, -0.15) is 0 Å². The van der Waals surface area contributed by atoms with Gasteiger partial charge in [0, 0.05) is 12.3 Å². The Morgan fingerprint density at radius 1 is 1.32 bits per heavy atom. The molecule has 0 radical (unpaired) electrons. The first-order chi connectivity index (χ1) is 8.82. The Kier molecular flexibility index (Phi) is 4.19. The second-order valence-corrected chi connectivity index (χ2v) is 3.59. The van der Waals surface area contributed by atoms with E-state index in [2.05, 4.69) is 5.32 Å². The number of carboxylic acids is 2. The molecule has 0 aromatic heterocycles. The Hall–Kier alpha value is -2.90. The maximum absolute atomic E-state index is 10.8. The Morgan fingerprint density at radius 3 is 2.37 bits per heavy atom. The van der Waals surface area contributed by atoms with Crippen LogP contribution < -0.4 is 5.32 Å². The summed E-state index contributed by atoms with van der Waals surface area (Å²) in [5.41, 5.74) is -0.533. The second kappa shape index (κ2) is 5.63. The van der Waals surface area contributed by atoms with Gasteiger partial charge in [-0.1, -0.05) is 6.07 Å². The summed E-state index contributed by atoms with van der Waals surface area (Å²) < 4.78 is 0. The molecule has 0 atom stereocenters. The predicted octanol–water partition coefficient (Wildman–Crippen LogP) is 1.37. The lowest BCUT2D eigenvalue weighted by molar-refractivity contribution is -0.384. The van der Waals surface area contributed by atoms with Crippen LogP contribution in [0.3, 0.4) is 0 Å². The largest absolute Gasteiger partial charge is 0.477 e. The van der Waals surface area contributed by atoms with E-state index in [-0.39, 0.29) is 11.4 Å². The molecular weight excluding hydrogens is 256 g/mol. The van der Waals surface area contributed by atoms with Gasteiger partial charge in [-0.25, -0.2) is 9.59 Å². The van der Waals surface area contributed by atoms with Crippen molar-refractivity contribution in [1.29, 1.82) is 0 Å². The molecule has 0 bridgehead atoms. The normalized spacial score (nSPS) is 9.53. The van der Waals surface area contributed by atoms with Crippen LogP contribution in [-0.2, 0) is 9.59 Å². The van der Waals surface area contributed by atoms with E-state index in [9.17, 15) is 19.7 Å². The van der Waals surface area contributed by atoms with Crippen LogP contribution in [0.1, 0.15) is 5.56 Å². The maximum atomic E-state index is 10.8. The Bertz CT molecular complexity index is 563. The number of nitrogens with one attached hydrogen (secondary N) is 1. The first kappa shape index (κ1) is 14.2. The molecule has 0 aliphatic heterocycles. The summed E-state index contributed by atoms with van der Waals surface area (Å²) in [7, 11) is 0. The molecular formula is C11H10N2O6. The van der Waals surface area contributed by atoms with Gasteiger partial charge in [-0.15, -0.1) is 0 Å².